The Morgan fingerprint density at radius 1 is 1.39 bits per heavy atom. The van der Waals surface area contributed by atoms with Crippen molar-refractivity contribution in [2.75, 3.05) is 20.1 Å². The summed E-state index contributed by atoms with van der Waals surface area (Å²) in [7, 11) is 1.77. The van der Waals surface area contributed by atoms with E-state index < -0.39 is 0 Å². The minimum atomic E-state index is -0.224. The maximum atomic E-state index is 12.6. The Bertz CT molecular complexity index is 615. The fourth-order valence-electron chi connectivity index (χ4n) is 3.45. The zero-order valence-corrected chi connectivity index (χ0v) is 13.9. The summed E-state index contributed by atoms with van der Waals surface area (Å²) in [5.74, 6) is 0.476. The van der Waals surface area contributed by atoms with Gasteiger partial charge in [-0.05, 0) is 25.0 Å². The molecule has 6 nitrogen and oxygen atoms in total. The highest BCUT2D eigenvalue weighted by atomic mass is 16.5. The lowest BCUT2D eigenvalue weighted by atomic mass is 10.0. The fraction of sp³-hybridized carbons (Fsp3) is 0.588. The smallest absolute Gasteiger partial charge is 0.259 e. The van der Waals surface area contributed by atoms with Crippen LogP contribution in [0.1, 0.15) is 37.0 Å². The Labute approximate surface area is 136 Å². The molecule has 0 radical (unpaired) electrons. The summed E-state index contributed by atoms with van der Waals surface area (Å²) >= 11 is 0. The number of nitrogens with zero attached hydrogens (tertiary/aromatic N) is 3. The number of amides is 2. The Morgan fingerprint density at radius 2 is 2.13 bits per heavy atom. The second kappa shape index (κ2) is 6.18. The van der Waals surface area contributed by atoms with Gasteiger partial charge in [0.25, 0.3) is 5.91 Å². The second-order valence-electron chi connectivity index (χ2n) is 6.25. The van der Waals surface area contributed by atoms with E-state index in [1.165, 1.54) is 0 Å². The molecule has 0 unspecified atom stereocenters. The van der Waals surface area contributed by atoms with Crippen LogP contribution in [0.4, 0.5) is 0 Å². The summed E-state index contributed by atoms with van der Waals surface area (Å²) in [6, 6.07) is 3.34. The third-order valence-corrected chi connectivity index (χ3v) is 4.97. The molecule has 2 atom stereocenters. The third-order valence-electron chi connectivity index (χ3n) is 4.97. The molecular weight excluding hydrogens is 294 g/mol. The van der Waals surface area contributed by atoms with Crippen LogP contribution >= 0.6 is 0 Å². The summed E-state index contributed by atoms with van der Waals surface area (Å²) < 4.78 is 5.98. The normalized spacial score (nSPS) is 23.4. The van der Waals surface area contributed by atoms with Gasteiger partial charge in [0.2, 0.25) is 11.8 Å². The molecule has 2 amide bonds. The van der Waals surface area contributed by atoms with Crippen molar-refractivity contribution in [3.8, 4) is 5.88 Å². The summed E-state index contributed by atoms with van der Waals surface area (Å²) in [6.07, 6.45) is 3.06. The molecule has 2 aliphatic rings. The highest BCUT2D eigenvalue weighted by molar-refractivity contribution is 5.97. The zero-order valence-electron chi connectivity index (χ0n) is 13.9. The molecule has 1 fully saturated rings. The summed E-state index contributed by atoms with van der Waals surface area (Å²) in [5.41, 5.74) is 0.488. The minimum Gasteiger partial charge on any atom is -0.470 e. The van der Waals surface area contributed by atoms with Gasteiger partial charge in [-0.25, -0.2) is 4.98 Å². The molecule has 1 aromatic heterocycles. The third kappa shape index (κ3) is 2.66. The topological polar surface area (TPSA) is 62.7 Å². The van der Waals surface area contributed by atoms with Gasteiger partial charge < -0.3 is 14.5 Å². The van der Waals surface area contributed by atoms with Crippen LogP contribution in [0, 0.1) is 5.92 Å². The van der Waals surface area contributed by atoms with Crippen LogP contribution in [0.25, 0.3) is 0 Å². The summed E-state index contributed by atoms with van der Waals surface area (Å²) in [6.45, 7) is 5.10. The van der Waals surface area contributed by atoms with Crippen LogP contribution in [-0.4, -0.2) is 58.9 Å². The highest BCUT2D eigenvalue weighted by Gasteiger charge is 2.44. The molecule has 3 heterocycles. The molecule has 0 saturated carbocycles. The van der Waals surface area contributed by atoms with Crippen molar-refractivity contribution in [1.82, 2.24) is 14.8 Å². The standard InChI is InChI=1S/C17H23N3O3/c1-4-11(5-2)16(21)20-9-13-14(10-20)23-15-12(7-6-8-18-15)17(22)19(13)3/h6-8,11,13-14H,4-5,9-10H2,1-3H3/t13-,14+/m1/s1. The van der Waals surface area contributed by atoms with E-state index in [1.54, 1.807) is 30.3 Å². The van der Waals surface area contributed by atoms with E-state index in [2.05, 4.69) is 4.98 Å². The van der Waals surface area contributed by atoms with E-state index in [1.807, 2.05) is 18.7 Å². The number of rotatable bonds is 3. The molecule has 0 aliphatic carbocycles. The van der Waals surface area contributed by atoms with Gasteiger partial charge in [0.05, 0.1) is 12.6 Å². The van der Waals surface area contributed by atoms with E-state index in [0.717, 1.165) is 12.8 Å². The number of hydrogen-bond acceptors (Lipinski definition) is 4. The van der Waals surface area contributed by atoms with Gasteiger partial charge >= 0.3 is 0 Å². The van der Waals surface area contributed by atoms with Crippen LogP contribution < -0.4 is 4.74 Å². The van der Waals surface area contributed by atoms with Crippen LogP contribution in [0.2, 0.25) is 0 Å². The van der Waals surface area contributed by atoms with Gasteiger partial charge in [0.15, 0.2) is 0 Å². The molecule has 1 aromatic rings. The predicted molar refractivity (Wildman–Crippen MR) is 85.2 cm³/mol. The quantitative estimate of drug-likeness (QED) is 0.849. The van der Waals surface area contributed by atoms with Gasteiger partial charge in [0, 0.05) is 25.7 Å². The molecule has 1 saturated heterocycles. The number of likely N-dealkylation sites (N-methyl/N-ethyl adjacent to an activating group) is 1. The molecular formula is C17H23N3O3. The lowest BCUT2D eigenvalue weighted by Gasteiger charge is -2.25. The first-order valence-corrected chi connectivity index (χ1v) is 8.24. The van der Waals surface area contributed by atoms with E-state index in [9.17, 15) is 9.59 Å². The molecule has 2 aliphatic heterocycles. The first-order chi connectivity index (χ1) is 11.1. The minimum absolute atomic E-state index is 0.0451. The number of aromatic nitrogens is 1. The number of likely N-dealkylation sites (tertiary alicyclic amines) is 1. The number of pyridine rings is 1. The van der Waals surface area contributed by atoms with Gasteiger partial charge in [-0.3, -0.25) is 9.59 Å². The SMILES string of the molecule is CCC(CC)C(=O)N1C[C@@H]2Oc3ncccc3C(=O)N(C)[C@@H]2C1. The first-order valence-electron chi connectivity index (χ1n) is 8.24. The monoisotopic (exact) mass is 317 g/mol. The first kappa shape index (κ1) is 15.8. The van der Waals surface area contributed by atoms with E-state index in [0.29, 0.717) is 24.5 Å². The van der Waals surface area contributed by atoms with Gasteiger partial charge in [0.1, 0.15) is 11.7 Å². The zero-order chi connectivity index (χ0) is 16.6. The van der Waals surface area contributed by atoms with Gasteiger partial charge in [-0.15, -0.1) is 0 Å². The molecule has 0 N–H and O–H groups in total. The Morgan fingerprint density at radius 3 is 2.83 bits per heavy atom. The summed E-state index contributed by atoms with van der Waals surface area (Å²) in [4.78, 5) is 32.9. The van der Waals surface area contributed by atoms with Gasteiger partial charge in [-0.1, -0.05) is 13.8 Å². The number of fused-ring (bicyclic) bond motifs is 2. The fourth-order valence-corrected chi connectivity index (χ4v) is 3.45. The number of ether oxygens (including phenoxy) is 1. The van der Waals surface area contributed by atoms with Crippen molar-refractivity contribution < 1.29 is 14.3 Å². The lowest BCUT2D eigenvalue weighted by Crippen LogP contribution is -2.44. The van der Waals surface area contributed by atoms with Crippen LogP contribution in [0.3, 0.4) is 0 Å². The van der Waals surface area contributed by atoms with Crippen molar-refractivity contribution in [2.24, 2.45) is 5.92 Å². The van der Waals surface area contributed by atoms with Crippen molar-refractivity contribution in [3.63, 3.8) is 0 Å². The number of carbonyl (C=O) groups is 2. The number of carbonyl (C=O) groups excluding carboxylic acids is 2. The van der Waals surface area contributed by atoms with Crippen molar-refractivity contribution in [3.05, 3.63) is 23.9 Å². The van der Waals surface area contributed by atoms with Crippen molar-refractivity contribution >= 4 is 11.8 Å². The van der Waals surface area contributed by atoms with Crippen LogP contribution in [-0.2, 0) is 4.79 Å². The average Bonchev–Trinajstić information content (AvgIpc) is 2.95. The molecule has 0 bridgehead atoms. The van der Waals surface area contributed by atoms with Crippen LogP contribution in [0.5, 0.6) is 5.88 Å². The van der Waals surface area contributed by atoms with Crippen molar-refractivity contribution in [1.29, 1.82) is 0 Å². The molecule has 0 aromatic carbocycles. The second-order valence-corrected chi connectivity index (χ2v) is 6.25. The van der Waals surface area contributed by atoms with Crippen molar-refractivity contribution in [2.45, 2.75) is 38.8 Å². The molecule has 23 heavy (non-hydrogen) atoms. The van der Waals surface area contributed by atoms with E-state index in [-0.39, 0.29) is 29.9 Å². The summed E-state index contributed by atoms with van der Waals surface area (Å²) in [5, 5.41) is 0. The molecule has 124 valence electrons. The molecule has 6 heteroatoms. The molecule has 0 spiro atoms. The Balaban J connectivity index is 1.84. The van der Waals surface area contributed by atoms with Crippen LogP contribution in [0.15, 0.2) is 18.3 Å². The number of hydrogen-bond donors (Lipinski definition) is 0. The largest absolute Gasteiger partial charge is 0.470 e. The highest BCUT2D eigenvalue weighted by Crippen LogP contribution is 2.29. The predicted octanol–water partition coefficient (Wildman–Crippen LogP) is 1.56. The molecule has 3 rings (SSSR count). The lowest BCUT2D eigenvalue weighted by molar-refractivity contribution is -0.135. The van der Waals surface area contributed by atoms with E-state index in [4.69, 9.17) is 4.74 Å². The van der Waals surface area contributed by atoms with Gasteiger partial charge in [-0.2, -0.15) is 0 Å². The van der Waals surface area contributed by atoms with E-state index >= 15 is 0 Å². The Kier molecular flexibility index (Phi) is 4.24. The Hall–Kier alpha value is -2.11. The average molecular weight is 317 g/mol. The maximum absolute atomic E-state index is 12.6. The maximum Gasteiger partial charge on any atom is 0.259 e.